The summed E-state index contributed by atoms with van der Waals surface area (Å²) in [5.74, 6) is -2.44. The molecule has 10 aromatic rings. The summed E-state index contributed by atoms with van der Waals surface area (Å²) in [5.41, 5.74) is 9.07. The van der Waals surface area contributed by atoms with Crippen molar-refractivity contribution < 1.29 is 31.1 Å². The van der Waals surface area contributed by atoms with Crippen LogP contribution in [0.4, 0.5) is 17.6 Å². The van der Waals surface area contributed by atoms with Crippen LogP contribution in [0.5, 0.6) is 0 Å². The zero-order valence-corrected chi connectivity index (χ0v) is 34.1. The number of nitriles is 1. The van der Waals surface area contributed by atoms with Gasteiger partial charge in [0.25, 0.3) is 5.56 Å². The van der Waals surface area contributed by atoms with Crippen molar-refractivity contribution in [2.75, 3.05) is 0 Å². The van der Waals surface area contributed by atoms with Crippen molar-refractivity contribution in [2.45, 2.75) is 19.6 Å². The van der Waals surface area contributed by atoms with Gasteiger partial charge in [0.2, 0.25) is 5.82 Å². The van der Waals surface area contributed by atoms with Crippen molar-refractivity contribution in [3.8, 4) is 51.8 Å². The Morgan fingerprint density at radius 1 is 0.627 bits per heavy atom. The fraction of sp³-hybridized carbons (Fsp3) is 0.0714. The van der Waals surface area contributed by atoms with E-state index < -0.39 is 28.8 Å². The molecule has 0 saturated heterocycles. The molecule has 25 heteroatoms. The average Bonchev–Trinajstić information content (AvgIpc) is 4.19. The topological polar surface area (TPSA) is 290 Å². The highest BCUT2D eigenvalue weighted by molar-refractivity contribution is 5.94. The van der Waals surface area contributed by atoms with Crippen LogP contribution in [-0.2, 0) is 19.6 Å². The Labute approximate surface area is 372 Å². The van der Waals surface area contributed by atoms with Crippen molar-refractivity contribution in [3.05, 3.63) is 178 Å². The third-order valence-corrected chi connectivity index (χ3v) is 9.23. The number of halogens is 4. The van der Waals surface area contributed by atoms with Crippen molar-refractivity contribution >= 4 is 5.84 Å². The van der Waals surface area contributed by atoms with Gasteiger partial charge in [-0.3, -0.25) is 39.2 Å². The van der Waals surface area contributed by atoms with E-state index in [4.69, 9.17) is 30.0 Å². The number of hydrogen-bond donors (Lipinski definition) is 3. The number of hydrogen-bond acceptors (Lipinski definition) is 16. The molecule has 0 fully saturated rings. The highest BCUT2D eigenvalue weighted by Crippen LogP contribution is 2.25. The Morgan fingerprint density at radius 2 is 1.09 bits per heavy atom. The molecule has 0 radical (unpaired) electrons. The number of aromatic amines is 1. The smallest absolute Gasteiger partial charge is 0.287 e. The second kappa shape index (κ2) is 19.8. The zero-order valence-electron chi connectivity index (χ0n) is 34.1. The van der Waals surface area contributed by atoms with E-state index in [1.54, 1.807) is 36.4 Å². The van der Waals surface area contributed by atoms with Crippen molar-refractivity contribution in [1.82, 2.24) is 69.7 Å². The Morgan fingerprint density at radius 3 is 1.52 bits per heavy atom. The molecule has 10 rings (SSSR count). The maximum atomic E-state index is 13.9. The number of pyridine rings is 3. The summed E-state index contributed by atoms with van der Waals surface area (Å²) in [6.45, 7) is 0.221. The number of nitrogens with zero attached hydrogens (tertiary/aromatic N) is 14. The molecule has 0 aromatic carbocycles. The molecule has 10 aromatic heterocycles. The molecular formula is C42H29F4N17O4. The van der Waals surface area contributed by atoms with E-state index >= 15 is 0 Å². The van der Waals surface area contributed by atoms with E-state index in [2.05, 4.69) is 55.7 Å². The van der Waals surface area contributed by atoms with Crippen LogP contribution in [-0.4, -0.2) is 75.6 Å². The summed E-state index contributed by atoms with van der Waals surface area (Å²) >= 11 is 0. The third-order valence-electron chi connectivity index (χ3n) is 9.23. The first kappa shape index (κ1) is 43.9. The minimum Gasteiger partial charge on any atom is -0.382 e. The quantitative estimate of drug-likeness (QED) is 0.0831. The Bertz CT molecular complexity index is 3380. The highest BCUT2D eigenvalue weighted by Gasteiger charge is 2.19. The molecule has 0 spiro atoms. The average molecular weight is 912 g/mol. The highest BCUT2D eigenvalue weighted by atomic mass is 19.1. The zero-order chi connectivity index (χ0) is 46.9. The minimum atomic E-state index is -1.000. The monoisotopic (exact) mass is 911 g/mol. The van der Waals surface area contributed by atoms with E-state index in [0.717, 1.165) is 6.20 Å². The number of nitrogens with one attached hydrogen (secondary N) is 2. The maximum Gasteiger partial charge on any atom is 0.287 e. The Balaban J connectivity index is 0.000000138. The van der Waals surface area contributed by atoms with Crippen LogP contribution in [0.1, 0.15) is 28.5 Å². The van der Waals surface area contributed by atoms with Gasteiger partial charge in [0, 0.05) is 42.9 Å². The maximum absolute atomic E-state index is 13.9. The van der Waals surface area contributed by atoms with Crippen LogP contribution in [0.2, 0.25) is 0 Å². The number of rotatable bonds is 11. The van der Waals surface area contributed by atoms with Crippen LogP contribution in [0.3, 0.4) is 0 Å². The second-order valence-electron chi connectivity index (χ2n) is 13.6. The molecule has 334 valence electrons. The van der Waals surface area contributed by atoms with E-state index in [0.29, 0.717) is 34.2 Å². The Hall–Kier alpha value is -9.73. The van der Waals surface area contributed by atoms with Crippen LogP contribution in [0.15, 0.2) is 135 Å². The lowest BCUT2D eigenvalue weighted by molar-refractivity contribution is 0.421. The van der Waals surface area contributed by atoms with Crippen molar-refractivity contribution in [3.63, 3.8) is 0 Å². The molecular weight excluding hydrogens is 883 g/mol. The summed E-state index contributed by atoms with van der Waals surface area (Å²) in [5, 5.41) is 40.5. The van der Waals surface area contributed by atoms with Gasteiger partial charge >= 0.3 is 0 Å². The first-order valence-electron chi connectivity index (χ1n) is 19.3. The number of nitrogens with two attached hydrogens (primary N) is 1. The van der Waals surface area contributed by atoms with Gasteiger partial charge in [0.05, 0.1) is 60.0 Å². The van der Waals surface area contributed by atoms with E-state index in [-0.39, 0.29) is 65.5 Å². The first-order chi connectivity index (χ1) is 32.5. The van der Waals surface area contributed by atoms with Crippen LogP contribution >= 0.6 is 0 Å². The summed E-state index contributed by atoms with van der Waals surface area (Å²) in [6, 6.07) is 20.0. The van der Waals surface area contributed by atoms with Gasteiger partial charge in [-0.2, -0.15) is 24.9 Å². The number of H-pyrrole nitrogens is 1. The number of nitrogen functional groups attached to an aromatic ring is 1. The molecule has 10 heterocycles. The van der Waals surface area contributed by atoms with Gasteiger partial charge in [0.15, 0.2) is 11.5 Å². The molecule has 21 nitrogen and oxygen atoms in total. The van der Waals surface area contributed by atoms with Crippen LogP contribution in [0, 0.1) is 40.0 Å². The summed E-state index contributed by atoms with van der Waals surface area (Å²) in [7, 11) is 0. The van der Waals surface area contributed by atoms with Gasteiger partial charge in [-0.25, -0.2) is 18.2 Å². The fourth-order valence-corrected chi connectivity index (χ4v) is 6.11. The molecule has 0 amide bonds. The van der Waals surface area contributed by atoms with Gasteiger partial charge in [-0.15, -0.1) is 0 Å². The predicted octanol–water partition coefficient (Wildman–Crippen LogP) is 5.41. The molecule has 0 unspecified atom stereocenters. The summed E-state index contributed by atoms with van der Waals surface area (Å²) < 4.78 is 73.3. The molecule has 0 bridgehead atoms. The van der Waals surface area contributed by atoms with E-state index in [9.17, 15) is 22.4 Å². The van der Waals surface area contributed by atoms with Gasteiger partial charge < -0.3 is 24.3 Å². The molecule has 0 aliphatic heterocycles. The van der Waals surface area contributed by atoms with Gasteiger partial charge in [-0.05, 0) is 48.5 Å². The number of amidine groups is 1. The molecule has 4 N–H and O–H groups in total. The lowest BCUT2D eigenvalue weighted by Crippen LogP contribution is -2.13. The standard InChI is InChI=1S/C16H10F2N6O2.C13H11FN6O.C13H8FN5O/c17-9-2-1-4-19-13(9)8-24-14(11-3-5-26-23-11)6-12(22-24)15-20-7-10(18)16(25)21-15;14-8-2-1-4-17-11(8)7-20-12(9-3-5-21-19-9)6-10(18-20)13(15)16;14-10-2-1-4-16-12(10)8-19-13(6-9(7-15)17-19)11-3-5-20-18-11/h1-7H,8H2,(H,20,21,25);1-6H,7H2,(H3,15,16);1-6H,8H2. The van der Waals surface area contributed by atoms with Gasteiger partial charge in [-0.1, -0.05) is 15.5 Å². The van der Waals surface area contributed by atoms with E-state index in [1.165, 1.54) is 87.8 Å². The molecule has 67 heavy (non-hydrogen) atoms. The third kappa shape index (κ3) is 10.2. The van der Waals surface area contributed by atoms with Gasteiger partial charge in [0.1, 0.15) is 76.6 Å². The summed E-state index contributed by atoms with van der Waals surface area (Å²) in [4.78, 5) is 29.6. The largest absolute Gasteiger partial charge is 0.382 e. The molecule has 0 saturated carbocycles. The summed E-state index contributed by atoms with van der Waals surface area (Å²) in [6.07, 6.45) is 9.50. The van der Waals surface area contributed by atoms with Crippen molar-refractivity contribution in [2.24, 2.45) is 5.73 Å². The first-order valence-corrected chi connectivity index (χ1v) is 19.3. The molecule has 0 atom stereocenters. The fourth-order valence-electron chi connectivity index (χ4n) is 6.11. The lowest BCUT2D eigenvalue weighted by Gasteiger charge is -2.05. The second-order valence-corrected chi connectivity index (χ2v) is 13.6. The Kier molecular flexibility index (Phi) is 12.9. The van der Waals surface area contributed by atoms with Crippen LogP contribution < -0.4 is 11.3 Å². The normalized spacial score (nSPS) is 10.7. The lowest BCUT2D eigenvalue weighted by atomic mass is 10.2. The predicted molar refractivity (Wildman–Crippen MR) is 223 cm³/mol. The molecule has 0 aliphatic rings. The van der Waals surface area contributed by atoms with Crippen LogP contribution in [0.25, 0.3) is 45.7 Å². The SMILES string of the molecule is N#Cc1cc(-c2ccon2)n(Cc2ncccc2F)n1.N=C(N)c1cc(-c2ccon2)n(Cc2ncccc2F)n1.O=c1[nH]c(-c2cc(-c3ccon3)n(Cc3ncccc3F)n2)ncc1F. The minimum absolute atomic E-state index is 0.0142. The molecule has 0 aliphatic carbocycles. The number of aromatic nitrogens is 14. The van der Waals surface area contributed by atoms with E-state index in [1.807, 2.05) is 6.07 Å². The van der Waals surface area contributed by atoms with Crippen molar-refractivity contribution in [1.29, 1.82) is 10.7 Å².